The third-order valence-electron chi connectivity index (χ3n) is 7.12. The summed E-state index contributed by atoms with van der Waals surface area (Å²) < 4.78 is 26.3. The lowest BCUT2D eigenvalue weighted by Gasteiger charge is -2.56. The van der Waals surface area contributed by atoms with E-state index in [0.29, 0.717) is 37.9 Å². The number of hydrogen-bond acceptors (Lipinski definition) is 6. The zero-order chi connectivity index (χ0) is 25.3. The first-order chi connectivity index (χ1) is 17.3. The smallest absolute Gasteiger partial charge is 0.258 e. The molecule has 3 N–H and O–H groups in total. The van der Waals surface area contributed by atoms with Gasteiger partial charge in [0.1, 0.15) is 17.3 Å². The number of aromatic nitrogens is 2. The maximum Gasteiger partial charge on any atom is 0.258 e. The number of nitrogens with one attached hydrogen (secondary N) is 2. The first-order valence-corrected chi connectivity index (χ1v) is 12.1. The number of rotatable bonds is 8. The molecule has 1 aromatic carbocycles. The van der Waals surface area contributed by atoms with Crippen LogP contribution in [-0.2, 0) is 9.59 Å². The number of amides is 2. The van der Waals surface area contributed by atoms with Crippen LogP contribution in [0.25, 0.3) is 5.52 Å². The molecule has 36 heavy (non-hydrogen) atoms. The number of carbonyl (C=O) groups is 2. The van der Waals surface area contributed by atoms with Crippen LogP contribution < -0.4 is 20.1 Å². The molecule has 11 heteroatoms. The summed E-state index contributed by atoms with van der Waals surface area (Å²) in [4.78, 5) is 25.2. The predicted octanol–water partition coefficient (Wildman–Crippen LogP) is 2.63. The van der Waals surface area contributed by atoms with Gasteiger partial charge >= 0.3 is 0 Å². The van der Waals surface area contributed by atoms with Gasteiger partial charge in [-0.3, -0.25) is 9.59 Å². The average molecular weight is 517 g/mol. The Bertz CT molecular complexity index is 1290. The lowest BCUT2D eigenvalue weighted by molar-refractivity contribution is -0.137. The Kier molecular flexibility index (Phi) is 6.48. The summed E-state index contributed by atoms with van der Waals surface area (Å²) in [6.07, 6.45) is 5.17. The minimum Gasteiger partial charge on any atom is -0.484 e. The number of ether oxygens (including phenoxy) is 2. The Balaban J connectivity index is 1.12. The first kappa shape index (κ1) is 24.3. The molecule has 3 aliphatic rings. The third kappa shape index (κ3) is 4.96. The van der Waals surface area contributed by atoms with E-state index in [1.807, 2.05) is 6.07 Å². The van der Waals surface area contributed by atoms with Crippen LogP contribution in [0.1, 0.15) is 32.1 Å². The second kappa shape index (κ2) is 9.59. The van der Waals surface area contributed by atoms with Gasteiger partial charge in [-0.1, -0.05) is 11.6 Å². The molecule has 1 unspecified atom stereocenters. The summed E-state index contributed by atoms with van der Waals surface area (Å²) in [5, 5.41) is 21.0. The van der Waals surface area contributed by atoms with E-state index in [1.165, 1.54) is 12.1 Å². The van der Waals surface area contributed by atoms with Crippen LogP contribution in [0.15, 0.2) is 48.8 Å². The van der Waals surface area contributed by atoms with Crippen molar-refractivity contribution >= 4 is 28.9 Å². The number of halogens is 2. The van der Waals surface area contributed by atoms with Crippen molar-refractivity contribution in [2.75, 3.05) is 13.2 Å². The second-order valence-electron chi connectivity index (χ2n) is 9.47. The molecule has 0 aliphatic heterocycles. The summed E-state index contributed by atoms with van der Waals surface area (Å²) >= 11 is 5.66. The fourth-order valence-electron chi connectivity index (χ4n) is 5.16. The van der Waals surface area contributed by atoms with Gasteiger partial charge in [-0.15, -0.1) is 0 Å². The van der Waals surface area contributed by atoms with Crippen molar-refractivity contribution in [2.24, 2.45) is 0 Å². The van der Waals surface area contributed by atoms with Crippen molar-refractivity contribution in [3.63, 3.8) is 0 Å². The molecule has 9 nitrogen and oxygen atoms in total. The highest BCUT2D eigenvalue weighted by atomic mass is 35.5. The van der Waals surface area contributed by atoms with Crippen LogP contribution in [0.3, 0.4) is 0 Å². The molecule has 2 heterocycles. The lowest BCUT2D eigenvalue weighted by Crippen LogP contribution is -2.70. The summed E-state index contributed by atoms with van der Waals surface area (Å²) in [6, 6.07) is 9.32. The van der Waals surface area contributed by atoms with Crippen molar-refractivity contribution in [1.82, 2.24) is 20.2 Å². The standard InChI is InChI=1S/C25H26ClFN4O5/c26-19-2-1-17(12-20(19)27)35-15-23(34)30-25-7-5-24(6-8-25,13-21(25)32)29-22(33)14-36-18-4-10-31-16(11-18)3-9-28-31/h1-4,9-12,21,32H,5-8,13-15H2,(H,29,33)(H,30,34). The number of hydrogen-bond donors (Lipinski definition) is 3. The molecule has 0 saturated heterocycles. The highest BCUT2D eigenvalue weighted by Gasteiger charge is 2.55. The van der Waals surface area contributed by atoms with E-state index in [0.717, 1.165) is 11.6 Å². The predicted molar refractivity (Wildman–Crippen MR) is 128 cm³/mol. The molecule has 3 aliphatic carbocycles. The Morgan fingerprint density at radius 2 is 1.75 bits per heavy atom. The molecule has 2 bridgehead atoms. The van der Waals surface area contributed by atoms with Crippen LogP contribution >= 0.6 is 11.6 Å². The van der Waals surface area contributed by atoms with Crippen molar-refractivity contribution < 1.29 is 28.6 Å². The monoisotopic (exact) mass is 516 g/mol. The van der Waals surface area contributed by atoms with Crippen molar-refractivity contribution in [1.29, 1.82) is 0 Å². The van der Waals surface area contributed by atoms with Gasteiger partial charge in [-0.25, -0.2) is 8.91 Å². The van der Waals surface area contributed by atoms with Crippen molar-refractivity contribution in [3.8, 4) is 11.5 Å². The fraction of sp³-hybridized carbons (Fsp3) is 0.400. The van der Waals surface area contributed by atoms with Gasteiger partial charge in [0, 0.05) is 30.1 Å². The van der Waals surface area contributed by atoms with Crippen LogP contribution in [0, 0.1) is 5.82 Å². The first-order valence-electron chi connectivity index (χ1n) is 11.7. The second-order valence-corrected chi connectivity index (χ2v) is 9.88. The van der Waals surface area contributed by atoms with E-state index in [9.17, 15) is 19.1 Å². The Hall–Kier alpha value is -3.37. The molecule has 0 radical (unpaired) electrons. The van der Waals surface area contributed by atoms with Crippen LogP contribution in [0.2, 0.25) is 5.02 Å². The van der Waals surface area contributed by atoms with Crippen molar-refractivity contribution in [3.05, 3.63) is 59.6 Å². The van der Waals surface area contributed by atoms with Gasteiger partial charge < -0.3 is 25.2 Å². The van der Waals surface area contributed by atoms with Gasteiger partial charge in [0.05, 0.1) is 22.2 Å². The number of carbonyl (C=O) groups excluding carboxylic acids is 2. The Labute approximate surface area is 211 Å². The largest absolute Gasteiger partial charge is 0.484 e. The molecule has 190 valence electrons. The van der Waals surface area contributed by atoms with Gasteiger partial charge in [-0.2, -0.15) is 5.10 Å². The Morgan fingerprint density at radius 1 is 1.06 bits per heavy atom. The van der Waals surface area contributed by atoms with Gasteiger partial charge in [0.2, 0.25) is 0 Å². The minimum atomic E-state index is -0.831. The molecule has 1 atom stereocenters. The maximum absolute atomic E-state index is 13.6. The SMILES string of the molecule is O=C(COc1ccn2nccc2c1)NC12CCC(NC(=O)COc3ccc(Cl)c(F)c3)(CC1)C(O)C2. The number of nitrogens with zero attached hydrogens (tertiary/aromatic N) is 2. The van der Waals surface area contributed by atoms with Gasteiger partial charge in [0.25, 0.3) is 11.8 Å². The summed E-state index contributed by atoms with van der Waals surface area (Å²) in [7, 11) is 0. The Morgan fingerprint density at radius 3 is 2.44 bits per heavy atom. The topological polar surface area (TPSA) is 114 Å². The van der Waals surface area contributed by atoms with E-state index < -0.39 is 28.9 Å². The zero-order valence-electron chi connectivity index (χ0n) is 19.4. The van der Waals surface area contributed by atoms with Gasteiger partial charge in [0.15, 0.2) is 13.2 Å². The van der Waals surface area contributed by atoms with E-state index in [2.05, 4.69) is 15.7 Å². The van der Waals surface area contributed by atoms with E-state index in [1.54, 1.807) is 29.0 Å². The molecule has 3 fully saturated rings. The average Bonchev–Trinajstić information content (AvgIpc) is 3.33. The number of aliphatic hydroxyl groups is 1. The van der Waals surface area contributed by atoms with Crippen LogP contribution in [0.4, 0.5) is 4.39 Å². The molecule has 2 aromatic heterocycles. The minimum absolute atomic E-state index is 0.0311. The normalized spacial score (nSPS) is 24.9. The number of aliphatic hydroxyl groups excluding tert-OH is 1. The molecular formula is C25H26ClFN4O5. The van der Waals surface area contributed by atoms with Crippen LogP contribution in [-0.4, -0.2) is 56.9 Å². The number of benzene rings is 1. The van der Waals surface area contributed by atoms with Gasteiger partial charge in [-0.05, 0) is 56.4 Å². The number of fused-ring (bicyclic) bond motifs is 4. The van der Waals surface area contributed by atoms with E-state index in [4.69, 9.17) is 21.1 Å². The highest BCUT2D eigenvalue weighted by molar-refractivity contribution is 6.30. The summed E-state index contributed by atoms with van der Waals surface area (Å²) in [6.45, 7) is -0.466. The fourth-order valence-corrected chi connectivity index (χ4v) is 5.28. The lowest BCUT2D eigenvalue weighted by atomic mass is 9.60. The molecular weight excluding hydrogens is 491 g/mol. The summed E-state index contributed by atoms with van der Waals surface area (Å²) in [5.74, 6) is -0.560. The molecule has 3 aromatic rings. The van der Waals surface area contributed by atoms with Crippen LogP contribution in [0.5, 0.6) is 11.5 Å². The summed E-state index contributed by atoms with van der Waals surface area (Å²) in [5.41, 5.74) is -0.465. The van der Waals surface area contributed by atoms with E-state index >= 15 is 0 Å². The van der Waals surface area contributed by atoms with Crippen molar-refractivity contribution in [2.45, 2.75) is 49.3 Å². The third-order valence-corrected chi connectivity index (χ3v) is 7.42. The molecule has 2 amide bonds. The zero-order valence-corrected chi connectivity index (χ0v) is 20.1. The molecule has 3 saturated carbocycles. The number of pyridine rings is 1. The molecule has 0 spiro atoms. The maximum atomic E-state index is 13.6. The molecule has 6 rings (SSSR count). The highest BCUT2D eigenvalue weighted by Crippen LogP contribution is 2.47. The quantitative estimate of drug-likeness (QED) is 0.424. The van der Waals surface area contributed by atoms with E-state index in [-0.39, 0.29) is 29.9 Å².